The summed E-state index contributed by atoms with van der Waals surface area (Å²) < 4.78 is 5.85. The van der Waals surface area contributed by atoms with E-state index in [0.29, 0.717) is 0 Å². The first kappa shape index (κ1) is 12.5. The molecular formula is C10H8N4O5. The molecule has 0 fully saturated rings. The molecule has 9 heteroatoms. The highest BCUT2D eigenvalue weighted by Gasteiger charge is 2.19. The Labute approximate surface area is 106 Å². The minimum atomic E-state index is -1.23. The lowest BCUT2D eigenvalue weighted by atomic mass is 10.2. The maximum atomic E-state index is 10.9. The van der Waals surface area contributed by atoms with E-state index >= 15 is 0 Å². The monoisotopic (exact) mass is 264 g/mol. The Morgan fingerprint density at radius 1 is 1.53 bits per heavy atom. The Bertz CT molecular complexity index is 651. The molecule has 2 aromatic rings. The van der Waals surface area contributed by atoms with Gasteiger partial charge in [-0.2, -0.15) is 0 Å². The fourth-order valence-corrected chi connectivity index (χ4v) is 1.52. The molecule has 0 atom stereocenters. The number of hydrogen-bond acceptors (Lipinski definition) is 6. The van der Waals surface area contributed by atoms with Crippen LogP contribution in [0.2, 0.25) is 0 Å². The normalized spacial score (nSPS) is 10.2. The van der Waals surface area contributed by atoms with Crippen LogP contribution >= 0.6 is 0 Å². The zero-order valence-electron chi connectivity index (χ0n) is 9.68. The number of aromatic carboxylic acids is 1. The van der Waals surface area contributed by atoms with Gasteiger partial charge in [0.1, 0.15) is 0 Å². The molecule has 0 unspecified atom stereocenters. The van der Waals surface area contributed by atoms with Crippen molar-refractivity contribution in [3.05, 3.63) is 40.2 Å². The number of nitrogens with zero attached hydrogens (tertiary/aromatic N) is 4. The van der Waals surface area contributed by atoms with Crippen molar-refractivity contribution < 1.29 is 19.6 Å². The summed E-state index contributed by atoms with van der Waals surface area (Å²) in [4.78, 5) is 21.2. The van der Waals surface area contributed by atoms with Crippen LogP contribution in [0.1, 0.15) is 10.5 Å². The average Bonchev–Trinajstić information content (AvgIpc) is 2.87. The van der Waals surface area contributed by atoms with E-state index < -0.39 is 10.9 Å². The van der Waals surface area contributed by atoms with Crippen LogP contribution in [0.15, 0.2) is 24.4 Å². The summed E-state index contributed by atoms with van der Waals surface area (Å²) in [6.07, 6.45) is 1.05. The van der Waals surface area contributed by atoms with Gasteiger partial charge in [0.2, 0.25) is 0 Å². The first-order valence-electron chi connectivity index (χ1n) is 5.01. The molecule has 2 rings (SSSR count). The lowest BCUT2D eigenvalue weighted by molar-refractivity contribution is -0.385. The molecule has 98 valence electrons. The maximum absolute atomic E-state index is 10.9. The van der Waals surface area contributed by atoms with Crippen molar-refractivity contribution >= 4 is 11.7 Å². The molecule has 1 aromatic carbocycles. The van der Waals surface area contributed by atoms with E-state index in [2.05, 4.69) is 10.3 Å². The summed E-state index contributed by atoms with van der Waals surface area (Å²) in [5.41, 5.74) is -0.270. The van der Waals surface area contributed by atoms with Crippen LogP contribution < -0.4 is 4.74 Å². The fraction of sp³-hybridized carbons (Fsp3) is 0.100. The van der Waals surface area contributed by atoms with Gasteiger partial charge in [-0.3, -0.25) is 10.1 Å². The SMILES string of the molecule is COc1ccc(-n2nncc2C(=O)O)cc1[N+](=O)[O-]. The van der Waals surface area contributed by atoms with Crippen LogP contribution in [0.5, 0.6) is 5.75 Å². The van der Waals surface area contributed by atoms with Crippen LogP contribution in [0.3, 0.4) is 0 Å². The minimum Gasteiger partial charge on any atom is -0.490 e. The molecule has 1 aromatic heterocycles. The largest absolute Gasteiger partial charge is 0.490 e. The maximum Gasteiger partial charge on any atom is 0.356 e. The molecule has 0 spiro atoms. The van der Waals surface area contributed by atoms with Crippen LogP contribution in [-0.2, 0) is 0 Å². The summed E-state index contributed by atoms with van der Waals surface area (Å²) >= 11 is 0. The molecule has 0 radical (unpaired) electrons. The molecule has 0 aliphatic heterocycles. The van der Waals surface area contributed by atoms with Crippen molar-refractivity contribution in [1.82, 2.24) is 15.0 Å². The minimum absolute atomic E-state index is 0.0748. The summed E-state index contributed by atoms with van der Waals surface area (Å²) in [6.45, 7) is 0. The Balaban J connectivity index is 2.57. The quantitative estimate of drug-likeness (QED) is 0.642. The van der Waals surface area contributed by atoms with Gasteiger partial charge in [0.05, 0.1) is 23.9 Å². The number of ether oxygens (including phenoxy) is 1. The molecular weight excluding hydrogens is 256 g/mol. The highest BCUT2D eigenvalue weighted by molar-refractivity contribution is 5.85. The van der Waals surface area contributed by atoms with Crippen LogP contribution in [0.25, 0.3) is 5.69 Å². The van der Waals surface area contributed by atoms with Crippen molar-refractivity contribution in [2.75, 3.05) is 7.11 Å². The van der Waals surface area contributed by atoms with E-state index in [4.69, 9.17) is 9.84 Å². The highest BCUT2D eigenvalue weighted by Crippen LogP contribution is 2.29. The molecule has 0 aliphatic carbocycles. The first-order valence-corrected chi connectivity index (χ1v) is 5.01. The molecule has 0 bridgehead atoms. The Hall–Kier alpha value is -2.97. The van der Waals surface area contributed by atoms with Gasteiger partial charge in [-0.15, -0.1) is 5.10 Å². The van der Waals surface area contributed by atoms with E-state index in [1.165, 1.54) is 25.3 Å². The van der Waals surface area contributed by atoms with Gasteiger partial charge >= 0.3 is 11.7 Å². The summed E-state index contributed by atoms with van der Waals surface area (Å²) in [5.74, 6) is -1.16. The smallest absolute Gasteiger partial charge is 0.356 e. The zero-order valence-corrected chi connectivity index (χ0v) is 9.68. The van der Waals surface area contributed by atoms with Crippen LogP contribution in [0.4, 0.5) is 5.69 Å². The molecule has 0 amide bonds. The van der Waals surface area contributed by atoms with Gasteiger partial charge in [0.15, 0.2) is 11.4 Å². The van der Waals surface area contributed by atoms with E-state index in [9.17, 15) is 14.9 Å². The fourth-order valence-electron chi connectivity index (χ4n) is 1.52. The van der Waals surface area contributed by atoms with Gasteiger partial charge in [-0.25, -0.2) is 9.48 Å². The molecule has 0 saturated carbocycles. The third-order valence-corrected chi connectivity index (χ3v) is 2.37. The van der Waals surface area contributed by atoms with Gasteiger partial charge in [0, 0.05) is 6.07 Å². The number of nitro benzene ring substituents is 1. The molecule has 19 heavy (non-hydrogen) atoms. The highest BCUT2D eigenvalue weighted by atomic mass is 16.6. The van der Waals surface area contributed by atoms with Gasteiger partial charge in [-0.1, -0.05) is 5.21 Å². The van der Waals surface area contributed by atoms with Crippen molar-refractivity contribution in [1.29, 1.82) is 0 Å². The summed E-state index contributed by atoms with van der Waals surface area (Å²) in [7, 11) is 1.31. The second-order valence-corrected chi connectivity index (χ2v) is 3.45. The predicted octanol–water partition coefficient (Wildman–Crippen LogP) is 0.882. The number of benzene rings is 1. The topological polar surface area (TPSA) is 120 Å². The van der Waals surface area contributed by atoms with Crippen molar-refractivity contribution in [2.24, 2.45) is 0 Å². The van der Waals surface area contributed by atoms with Crippen LogP contribution in [0, 0.1) is 10.1 Å². The zero-order chi connectivity index (χ0) is 14.0. The van der Waals surface area contributed by atoms with Crippen molar-refractivity contribution in [2.45, 2.75) is 0 Å². The molecule has 0 saturated heterocycles. The number of aromatic nitrogens is 3. The second-order valence-electron chi connectivity index (χ2n) is 3.45. The number of rotatable bonds is 4. The lowest BCUT2D eigenvalue weighted by Crippen LogP contribution is -2.08. The number of carbonyl (C=O) groups is 1. The molecule has 1 N–H and O–H groups in total. The van der Waals surface area contributed by atoms with Crippen LogP contribution in [-0.4, -0.2) is 38.1 Å². The Morgan fingerprint density at radius 3 is 2.84 bits per heavy atom. The average molecular weight is 264 g/mol. The Morgan fingerprint density at radius 2 is 2.26 bits per heavy atom. The van der Waals surface area contributed by atoms with E-state index in [1.807, 2.05) is 0 Å². The molecule has 0 aliphatic rings. The van der Waals surface area contributed by atoms with Gasteiger partial charge in [-0.05, 0) is 12.1 Å². The number of carboxylic acids is 1. The van der Waals surface area contributed by atoms with E-state index in [0.717, 1.165) is 10.9 Å². The number of methoxy groups -OCH3 is 1. The summed E-state index contributed by atoms with van der Waals surface area (Å²) in [6, 6.07) is 3.98. The van der Waals surface area contributed by atoms with Crippen molar-refractivity contribution in [3.8, 4) is 11.4 Å². The van der Waals surface area contributed by atoms with Gasteiger partial charge in [0.25, 0.3) is 0 Å². The lowest BCUT2D eigenvalue weighted by Gasteiger charge is -2.05. The number of carboxylic acid groups (broad SMARTS) is 1. The Kier molecular flexibility index (Phi) is 3.10. The third kappa shape index (κ3) is 2.20. The van der Waals surface area contributed by atoms with Crippen molar-refractivity contribution in [3.63, 3.8) is 0 Å². The first-order chi connectivity index (χ1) is 9.04. The van der Waals surface area contributed by atoms with E-state index in [-0.39, 0.29) is 22.8 Å². The third-order valence-electron chi connectivity index (χ3n) is 2.37. The van der Waals surface area contributed by atoms with E-state index in [1.54, 1.807) is 0 Å². The number of nitro groups is 1. The second kappa shape index (κ2) is 4.72. The standard InChI is InChI=1S/C10H8N4O5/c1-19-9-3-2-6(4-7(9)14(17)18)13-8(10(15)16)5-11-12-13/h2-5H,1H3,(H,15,16). The summed E-state index contributed by atoms with van der Waals surface area (Å²) in [5, 5.41) is 26.9. The van der Waals surface area contributed by atoms with Gasteiger partial charge < -0.3 is 9.84 Å². The number of hydrogen-bond donors (Lipinski definition) is 1. The molecule has 1 heterocycles. The predicted molar refractivity (Wildman–Crippen MR) is 61.5 cm³/mol. The molecule has 9 nitrogen and oxygen atoms in total.